The lowest BCUT2D eigenvalue weighted by Crippen LogP contribution is -2.50. The van der Waals surface area contributed by atoms with Gasteiger partial charge in [-0.3, -0.25) is 14.4 Å². The molecule has 2 aromatic carbocycles. The molecule has 1 aromatic heterocycles. The summed E-state index contributed by atoms with van der Waals surface area (Å²) in [6.07, 6.45) is -0.176. The molecule has 190 valence electrons. The molecule has 1 atom stereocenters. The van der Waals surface area contributed by atoms with E-state index >= 15 is 0 Å². The van der Waals surface area contributed by atoms with Crippen molar-refractivity contribution in [2.24, 2.45) is 7.05 Å². The van der Waals surface area contributed by atoms with Crippen LogP contribution < -0.4 is 0 Å². The minimum absolute atomic E-state index is 0.0126. The lowest BCUT2D eigenvalue weighted by Gasteiger charge is -2.36. The van der Waals surface area contributed by atoms with Crippen LogP contribution >= 0.6 is 11.6 Å². The van der Waals surface area contributed by atoms with E-state index in [0.717, 1.165) is 29.9 Å². The van der Waals surface area contributed by atoms with Crippen molar-refractivity contribution in [1.82, 2.24) is 19.6 Å². The maximum Gasteiger partial charge on any atom is 0.337 e. The predicted molar refractivity (Wildman–Crippen MR) is 137 cm³/mol. The lowest BCUT2D eigenvalue weighted by molar-refractivity contribution is 0.00329. The molecule has 0 bridgehead atoms. The standard InChI is InChI=1S/C27H31ClN4O4/c1-19-16-24(30(2)29-19)26(33)32-14-12-31(13-15-32)17-25(21-8-10-23(28)11-9-21)36-18-20-4-6-22(7-5-20)27(34)35-3/h4-11,16,25H,12-15,17-18H2,1-3H3/t25-/m1/s1. The van der Waals surface area contributed by atoms with Crippen molar-refractivity contribution in [3.8, 4) is 0 Å². The van der Waals surface area contributed by atoms with Crippen LogP contribution in [-0.2, 0) is 23.1 Å². The second kappa shape index (κ2) is 11.7. The Kier molecular flexibility index (Phi) is 8.40. The molecule has 1 aliphatic rings. The Balaban J connectivity index is 1.38. The summed E-state index contributed by atoms with van der Waals surface area (Å²) >= 11 is 6.11. The molecular formula is C27H31ClN4O4. The molecule has 9 heteroatoms. The van der Waals surface area contributed by atoms with Gasteiger partial charge in [-0.1, -0.05) is 35.9 Å². The van der Waals surface area contributed by atoms with Crippen LogP contribution in [0.2, 0.25) is 5.02 Å². The number of rotatable bonds is 8. The number of hydrogen-bond acceptors (Lipinski definition) is 6. The number of aromatic nitrogens is 2. The highest BCUT2D eigenvalue weighted by molar-refractivity contribution is 6.30. The Bertz CT molecular complexity index is 1190. The fraction of sp³-hybridized carbons (Fsp3) is 0.370. The van der Waals surface area contributed by atoms with Crippen molar-refractivity contribution in [3.05, 3.63) is 87.7 Å². The number of methoxy groups -OCH3 is 1. The summed E-state index contributed by atoms with van der Waals surface area (Å²) < 4.78 is 12.8. The molecule has 1 fully saturated rings. The summed E-state index contributed by atoms with van der Waals surface area (Å²) in [6.45, 7) is 5.77. The molecule has 1 aliphatic heterocycles. The number of ether oxygens (including phenoxy) is 2. The lowest BCUT2D eigenvalue weighted by atomic mass is 10.1. The van der Waals surface area contributed by atoms with E-state index in [4.69, 9.17) is 21.1 Å². The summed E-state index contributed by atoms with van der Waals surface area (Å²) in [4.78, 5) is 28.8. The number of piperazine rings is 1. The largest absolute Gasteiger partial charge is 0.465 e. The molecule has 0 N–H and O–H groups in total. The van der Waals surface area contributed by atoms with Gasteiger partial charge in [0.1, 0.15) is 5.69 Å². The van der Waals surface area contributed by atoms with E-state index in [1.165, 1.54) is 7.11 Å². The van der Waals surface area contributed by atoms with Crippen molar-refractivity contribution >= 4 is 23.5 Å². The minimum atomic E-state index is -0.363. The highest BCUT2D eigenvalue weighted by Crippen LogP contribution is 2.24. The number of aryl methyl sites for hydroxylation is 2. The van der Waals surface area contributed by atoms with Crippen LogP contribution in [0.1, 0.15) is 43.8 Å². The van der Waals surface area contributed by atoms with Crippen molar-refractivity contribution in [1.29, 1.82) is 0 Å². The second-order valence-electron chi connectivity index (χ2n) is 8.93. The molecule has 36 heavy (non-hydrogen) atoms. The van der Waals surface area contributed by atoms with Crippen molar-refractivity contribution in [2.45, 2.75) is 19.6 Å². The number of benzene rings is 2. The zero-order valence-electron chi connectivity index (χ0n) is 20.8. The van der Waals surface area contributed by atoms with Gasteiger partial charge in [0.2, 0.25) is 0 Å². The van der Waals surface area contributed by atoms with Gasteiger partial charge < -0.3 is 14.4 Å². The Morgan fingerprint density at radius 2 is 1.69 bits per heavy atom. The van der Waals surface area contributed by atoms with Gasteiger partial charge in [-0.15, -0.1) is 0 Å². The quantitative estimate of drug-likeness (QED) is 0.428. The SMILES string of the molecule is COC(=O)c1ccc(CO[C@H](CN2CCN(C(=O)c3cc(C)nn3C)CC2)c2ccc(Cl)cc2)cc1. The first-order valence-electron chi connectivity index (χ1n) is 11.9. The highest BCUT2D eigenvalue weighted by atomic mass is 35.5. The number of nitrogens with zero attached hydrogens (tertiary/aromatic N) is 4. The third-order valence-electron chi connectivity index (χ3n) is 6.37. The van der Waals surface area contributed by atoms with Gasteiger partial charge in [-0.2, -0.15) is 5.10 Å². The number of halogens is 1. The molecule has 8 nitrogen and oxygen atoms in total. The van der Waals surface area contributed by atoms with E-state index in [1.807, 2.05) is 54.3 Å². The van der Waals surface area contributed by atoms with Crippen LogP contribution in [0, 0.1) is 6.92 Å². The van der Waals surface area contributed by atoms with Crippen LogP contribution in [0.4, 0.5) is 0 Å². The third kappa shape index (κ3) is 6.32. The van der Waals surface area contributed by atoms with Crippen LogP contribution in [0.15, 0.2) is 54.6 Å². The average molecular weight is 511 g/mol. The molecule has 0 spiro atoms. The topological polar surface area (TPSA) is 76.9 Å². The van der Waals surface area contributed by atoms with Crippen LogP contribution in [0.5, 0.6) is 0 Å². The number of carbonyl (C=O) groups is 2. The van der Waals surface area contributed by atoms with Crippen molar-refractivity contribution in [2.75, 3.05) is 39.8 Å². The fourth-order valence-corrected chi connectivity index (χ4v) is 4.45. The summed E-state index contributed by atoms with van der Waals surface area (Å²) in [5.74, 6) is -0.351. The van der Waals surface area contributed by atoms with Gasteiger partial charge >= 0.3 is 5.97 Å². The summed E-state index contributed by atoms with van der Waals surface area (Å²) in [7, 11) is 3.17. The maximum absolute atomic E-state index is 12.9. The van der Waals surface area contributed by atoms with Gasteiger partial charge in [-0.05, 0) is 48.4 Å². The van der Waals surface area contributed by atoms with E-state index in [9.17, 15) is 9.59 Å². The Hall–Kier alpha value is -3.20. The van der Waals surface area contributed by atoms with Gasteiger partial charge in [0.15, 0.2) is 0 Å². The summed E-state index contributed by atoms with van der Waals surface area (Å²) in [5.41, 5.74) is 3.95. The van der Waals surface area contributed by atoms with Crippen LogP contribution in [0.3, 0.4) is 0 Å². The Morgan fingerprint density at radius 3 is 2.28 bits per heavy atom. The maximum atomic E-state index is 12.9. The molecule has 3 aromatic rings. The number of hydrogen-bond donors (Lipinski definition) is 0. The summed E-state index contributed by atoms with van der Waals surface area (Å²) in [6, 6.07) is 16.7. The van der Waals surface area contributed by atoms with Gasteiger partial charge in [0, 0.05) is 44.8 Å². The molecule has 1 saturated heterocycles. The Labute approximate surface area is 216 Å². The van der Waals surface area contributed by atoms with Crippen molar-refractivity contribution < 1.29 is 19.1 Å². The predicted octanol–water partition coefficient (Wildman–Crippen LogP) is 3.88. The monoisotopic (exact) mass is 510 g/mol. The highest BCUT2D eigenvalue weighted by Gasteiger charge is 2.26. The van der Waals surface area contributed by atoms with E-state index in [1.54, 1.807) is 23.9 Å². The first-order valence-corrected chi connectivity index (χ1v) is 12.3. The molecule has 0 saturated carbocycles. The van der Waals surface area contributed by atoms with Gasteiger partial charge in [0.25, 0.3) is 5.91 Å². The molecule has 4 rings (SSSR count). The number of amides is 1. The van der Waals surface area contributed by atoms with Crippen molar-refractivity contribution in [3.63, 3.8) is 0 Å². The normalized spacial score (nSPS) is 15.1. The fourth-order valence-electron chi connectivity index (χ4n) is 4.32. The van der Waals surface area contributed by atoms with E-state index in [0.29, 0.717) is 42.5 Å². The molecular weight excluding hydrogens is 480 g/mol. The molecule has 0 unspecified atom stereocenters. The number of carbonyl (C=O) groups excluding carboxylic acids is 2. The first-order chi connectivity index (χ1) is 17.3. The van der Waals surface area contributed by atoms with Crippen LogP contribution in [-0.4, -0.2) is 71.3 Å². The molecule has 1 amide bonds. The second-order valence-corrected chi connectivity index (χ2v) is 9.36. The molecule has 0 radical (unpaired) electrons. The van der Waals surface area contributed by atoms with E-state index in [-0.39, 0.29) is 18.0 Å². The van der Waals surface area contributed by atoms with E-state index in [2.05, 4.69) is 10.00 Å². The van der Waals surface area contributed by atoms with Gasteiger partial charge in [-0.25, -0.2) is 4.79 Å². The average Bonchev–Trinajstić information content (AvgIpc) is 3.24. The van der Waals surface area contributed by atoms with Gasteiger partial charge in [0.05, 0.1) is 31.1 Å². The molecule has 2 heterocycles. The van der Waals surface area contributed by atoms with Crippen LogP contribution in [0.25, 0.3) is 0 Å². The summed E-state index contributed by atoms with van der Waals surface area (Å²) in [5, 5.41) is 4.97. The Morgan fingerprint density at radius 1 is 1.03 bits per heavy atom. The first kappa shape index (κ1) is 25.9. The zero-order valence-corrected chi connectivity index (χ0v) is 21.6. The smallest absolute Gasteiger partial charge is 0.337 e. The molecule has 0 aliphatic carbocycles. The van der Waals surface area contributed by atoms with E-state index < -0.39 is 0 Å². The minimum Gasteiger partial charge on any atom is -0.465 e. The number of esters is 1. The zero-order chi connectivity index (χ0) is 25.7. The third-order valence-corrected chi connectivity index (χ3v) is 6.62.